The van der Waals surface area contributed by atoms with Gasteiger partial charge in [0.15, 0.2) is 0 Å². The van der Waals surface area contributed by atoms with Crippen molar-refractivity contribution in [1.29, 1.82) is 0 Å². The van der Waals surface area contributed by atoms with Crippen molar-refractivity contribution in [3.63, 3.8) is 0 Å². The van der Waals surface area contributed by atoms with Crippen molar-refractivity contribution in [3.05, 3.63) is 28.2 Å². The fourth-order valence-electron chi connectivity index (χ4n) is 1.84. The SMILES string of the molecule is COCc1c(Br)cccc1NC(C)C(=O)NC1CC1. The highest BCUT2D eigenvalue weighted by Crippen LogP contribution is 2.26. The molecular formula is C14H19BrN2O2. The molecule has 5 heteroatoms. The molecule has 0 aliphatic heterocycles. The van der Waals surface area contributed by atoms with Gasteiger partial charge in [0.1, 0.15) is 6.04 Å². The number of methoxy groups -OCH3 is 1. The number of benzene rings is 1. The van der Waals surface area contributed by atoms with Gasteiger partial charge in [0, 0.05) is 28.9 Å². The van der Waals surface area contributed by atoms with Gasteiger partial charge >= 0.3 is 0 Å². The summed E-state index contributed by atoms with van der Waals surface area (Å²) in [6.45, 7) is 2.37. The van der Waals surface area contributed by atoms with Gasteiger partial charge in [0.05, 0.1) is 6.61 Å². The third-order valence-corrected chi connectivity index (χ3v) is 3.84. The predicted molar refractivity (Wildman–Crippen MR) is 79.1 cm³/mol. The first-order valence-corrected chi connectivity index (χ1v) is 7.24. The van der Waals surface area contributed by atoms with Gasteiger partial charge in [-0.25, -0.2) is 0 Å². The third kappa shape index (κ3) is 3.94. The first kappa shape index (κ1) is 14.3. The molecule has 19 heavy (non-hydrogen) atoms. The van der Waals surface area contributed by atoms with Crippen molar-refractivity contribution >= 4 is 27.5 Å². The topological polar surface area (TPSA) is 50.4 Å². The monoisotopic (exact) mass is 326 g/mol. The molecule has 1 aliphatic carbocycles. The van der Waals surface area contributed by atoms with Gasteiger partial charge < -0.3 is 15.4 Å². The molecule has 0 bridgehead atoms. The van der Waals surface area contributed by atoms with E-state index in [2.05, 4.69) is 26.6 Å². The maximum absolute atomic E-state index is 11.9. The summed E-state index contributed by atoms with van der Waals surface area (Å²) in [5, 5.41) is 6.24. The van der Waals surface area contributed by atoms with E-state index >= 15 is 0 Å². The fourth-order valence-corrected chi connectivity index (χ4v) is 2.32. The Morgan fingerprint density at radius 2 is 2.26 bits per heavy atom. The number of rotatable bonds is 6. The Bertz CT molecular complexity index is 461. The van der Waals surface area contributed by atoms with E-state index < -0.39 is 0 Å². The minimum atomic E-state index is -0.259. The van der Waals surface area contributed by atoms with Crippen LogP contribution in [0.2, 0.25) is 0 Å². The lowest BCUT2D eigenvalue weighted by atomic mass is 10.1. The first-order valence-electron chi connectivity index (χ1n) is 6.45. The maximum Gasteiger partial charge on any atom is 0.242 e. The number of carbonyl (C=O) groups excluding carboxylic acids is 1. The van der Waals surface area contributed by atoms with Crippen LogP contribution in [0.4, 0.5) is 5.69 Å². The summed E-state index contributed by atoms with van der Waals surface area (Å²) in [5.41, 5.74) is 1.95. The number of halogens is 1. The second kappa shape index (κ2) is 6.39. The lowest BCUT2D eigenvalue weighted by Gasteiger charge is -2.18. The van der Waals surface area contributed by atoms with Crippen molar-refractivity contribution in [1.82, 2.24) is 5.32 Å². The molecule has 0 saturated heterocycles. The number of anilines is 1. The molecule has 0 aromatic heterocycles. The van der Waals surface area contributed by atoms with Crippen LogP contribution in [0.1, 0.15) is 25.3 Å². The van der Waals surface area contributed by atoms with Crippen molar-refractivity contribution in [3.8, 4) is 0 Å². The van der Waals surface area contributed by atoms with Gasteiger partial charge in [0.2, 0.25) is 5.91 Å². The summed E-state index contributed by atoms with van der Waals surface area (Å²) < 4.78 is 6.18. The zero-order valence-corrected chi connectivity index (χ0v) is 12.8. The van der Waals surface area contributed by atoms with Crippen LogP contribution in [0.3, 0.4) is 0 Å². The van der Waals surface area contributed by atoms with Crippen LogP contribution in [-0.4, -0.2) is 25.1 Å². The molecule has 1 atom stereocenters. The number of nitrogens with one attached hydrogen (secondary N) is 2. The predicted octanol–water partition coefficient (Wildman–Crippen LogP) is 2.67. The van der Waals surface area contributed by atoms with E-state index in [1.807, 2.05) is 25.1 Å². The van der Waals surface area contributed by atoms with Crippen LogP contribution in [0, 0.1) is 0 Å². The van der Waals surface area contributed by atoms with Crippen molar-refractivity contribution in [2.24, 2.45) is 0 Å². The molecule has 1 aromatic rings. The Morgan fingerprint density at radius 1 is 1.53 bits per heavy atom. The lowest BCUT2D eigenvalue weighted by Crippen LogP contribution is -2.38. The summed E-state index contributed by atoms with van der Waals surface area (Å²) in [5.74, 6) is 0.0471. The zero-order chi connectivity index (χ0) is 13.8. The van der Waals surface area contributed by atoms with Crippen LogP contribution < -0.4 is 10.6 Å². The molecular weight excluding hydrogens is 308 g/mol. The smallest absolute Gasteiger partial charge is 0.242 e. The van der Waals surface area contributed by atoms with Crippen LogP contribution in [0.25, 0.3) is 0 Å². The molecule has 1 fully saturated rings. The van der Waals surface area contributed by atoms with Gasteiger partial charge in [-0.2, -0.15) is 0 Å². The number of amides is 1. The molecule has 104 valence electrons. The molecule has 0 heterocycles. The summed E-state index contributed by atoms with van der Waals surface area (Å²) >= 11 is 3.50. The number of hydrogen-bond donors (Lipinski definition) is 2. The molecule has 1 unspecified atom stereocenters. The van der Waals surface area contributed by atoms with E-state index in [0.717, 1.165) is 28.6 Å². The Morgan fingerprint density at radius 3 is 2.89 bits per heavy atom. The Hall–Kier alpha value is -1.07. The molecule has 1 amide bonds. The van der Waals surface area contributed by atoms with Crippen LogP contribution in [-0.2, 0) is 16.1 Å². The lowest BCUT2D eigenvalue weighted by molar-refractivity contribution is -0.121. The largest absolute Gasteiger partial charge is 0.380 e. The molecule has 1 aliphatic rings. The fraction of sp³-hybridized carbons (Fsp3) is 0.500. The number of ether oxygens (including phenoxy) is 1. The van der Waals surface area contributed by atoms with E-state index in [4.69, 9.17) is 4.74 Å². The molecule has 0 spiro atoms. The summed E-state index contributed by atoms with van der Waals surface area (Å²) in [6, 6.07) is 5.99. The second-order valence-electron chi connectivity index (χ2n) is 4.85. The number of hydrogen-bond acceptors (Lipinski definition) is 3. The summed E-state index contributed by atoms with van der Waals surface area (Å²) in [6.07, 6.45) is 2.20. The molecule has 0 radical (unpaired) electrons. The molecule has 1 aromatic carbocycles. The van der Waals surface area contributed by atoms with Crippen LogP contribution in [0.5, 0.6) is 0 Å². The van der Waals surface area contributed by atoms with E-state index in [1.54, 1.807) is 7.11 Å². The van der Waals surface area contributed by atoms with Gasteiger partial charge in [-0.15, -0.1) is 0 Å². The average molecular weight is 327 g/mol. The van der Waals surface area contributed by atoms with Gasteiger partial charge in [-0.1, -0.05) is 22.0 Å². The maximum atomic E-state index is 11.9. The van der Waals surface area contributed by atoms with Gasteiger partial charge in [0.25, 0.3) is 0 Å². The van der Waals surface area contributed by atoms with Gasteiger partial charge in [-0.3, -0.25) is 4.79 Å². The standard InChI is InChI=1S/C14H19BrN2O2/c1-9(14(18)17-10-6-7-10)16-13-5-3-4-12(15)11(13)8-19-2/h3-5,9-10,16H,6-8H2,1-2H3,(H,17,18). The minimum Gasteiger partial charge on any atom is -0.380 e. The molecule has 1 saturated carbocycles. The van der Waals surface area contributed by atoms with Crippen LogP contribution >= 0.6 is 15.9 Å². The quantitative estimate of drug-likeness (QED) is 0.845. The zero-order valence-electron chi connectivity index (χ0n) is 11.2. The third-order valence-electron chi connectivity index (χ3n) is 3.10. The molecule has 2 rings (SSSR count). The summed E-state index contributed by atoms with van der Waals surface area (Å²) in [7, 11) is 1.66. The van der Waals surface area contributed by atoms with Gasteiger partial charge in [-0.05, 0) is 31.9 Å². The van der Waals surface area contributed by atoms with Crippen molar-refractivity contribution in [2.45, 2.75) is 38.5 Å². The Labute approximate surface area is 122 Å². The van der Waals surface area contributed by atoms with E-state index in [1.165, 1.54) is 0 Å². The minimum absolute atomic E-state index is 0.0471. The highest BCUT2D eigenvalue weighted by Gasteiger charge is 2.25. The Balaban J connectivity index is 2.04. The number of carbonyl (C=O) groups is 1. The van der Waals surface area contributed by atoms with E-state index in [9.17, 15) is 4.79 Å². The Kier molecular flexibility index (Phi) is 4.82. The highest BCUT2D eigenvalue weighted by molar-refractivity contribution is 9.10. The average Bonchev–Trinajstić information content (AvgIpc) is 3.17. The summed E-state index contributed by atoms with van der Waals surface area (Å²) in [4.78, 5) is 11.9. The normalized spacial score (nSPS) is 15.9. The van der Waals surface area contributed by atoms with Crippen molar-refractivity contribution < 1.29 is 9.53 Å². The second-order valence-corrected chi connectivity index (χ2v) is 5.70. The van der Waals surface area contributed by atoms with E-state index in [-0.39, 0.29) is 11.9 Å². The highest BCUT2D eigenvalue weighted by atomic mass is 79.9. The first-order chi connectivity index (χ1) is 9.11. The van der Waals surface area contributed by atoms with Crippen molar-refractivity contribution in [2.75, 3.05) is 12.4 Å². The van der Waals surface area contributed by atoms with E-state index in [0.29, 0.717) is 12.6 Å². The van der Waals surface area contributed by atoms with Crippen LogP contribution in [0.15, 0.2) is 22.7 Å². The molecule has 2 N–H and O–H groups in total. The molecule has 4 nitrogen and oxygen atoms in total.